The van der Waals surface area contributed by atoms with E-state index in [0.29, 0.717) is 43.5 Å². The van der Waals surface area contributed by atoms with Gasteiger partial charge in [0.2, 0.25) is 0 Å². The predicted molar refractivity (Wildman–Crippen MR) is 96.5 cm³/mol. The minimum atomic E-state index is -0.819. The number of nitrogens with zero attached hydrogens (tertiary/aromatic N) is 2. The lowest BCUT2D eigenvalue weighted by Crippen LogP contribution is -2.63. The fourth-order valence-corrected chi connectivity index (χ4v) is 6.09. The predicted octanol–water partition coefficient (Wildman–Crippen LogP) is 2.19. The summed E-state index contributed by atoms with van der Waals surface area (Å²) in [6, 6.07) is 0. The van der Waals surface area contributed by atoms with E-state index >= 15 is 0 Å². The van der Waals surface area contributed by atoms with Crippen molar-refractivity contribution in [3.8, 4) is 0 Å². The van der Waals surface area contributed by atoms with Gasteiger partial charge in [-0.3, -0.25) is 9.59 Å². The van der Waals surface area contributed by atoms with E-state index in [1.54, 1.807) is 7.11 Å². The molecule has 0 aliphatic heterocycles. The standard InChI is InChI=1S/C18H24ClN3O4/c1-26-3-2-20-13-9-21-22(16(23)15(13)19)18-7-10-4-11(8-18)6-12(5-10)14(18)17(24)25/h9-12,14,20H,2-8H2,1H3,(H,24,25). The van der Waals surface area contributed by atoms with Crippen LogP contribution in [-0.4, -0.2) is 41.1 Å². The summed E-state index contributed by atoms with van der Waals surface area (Å²) in [6.07, 6.45) is 6.00. The number of carboxylic acids is 1. The highest BCUT2D eigenvalue weighted by molar-refractivity contribution is 6.32. The third-order valence-corrected chi connectivity index (χ3v) is 6.87. The van der Waals surface area contributed by atoms with Gasteiger partial charge in [-0.1, -0.05) is 11.6 Å². The Hall–Kier alpha value is -1.60. The van der Waals surface area contributed by atoms with Crippen molar-refractivity contribution >= 4 is 23.3 Å². The van der Waals surface area contributed by atoms with Gasteiger partial charge >= 0.3 is 5.97 Å². The third kappa shape index (κ3) is 2.63. The van der Waals surface area contributed by atoms with Gasteiger partial charge in [0.1, 0.15) is 5.02 Å². The fourth-order valence-electron chi connectivity index (χ4n) is 5.89. The zero-order chi connectivity index (χ0) is 18.5. The van der Waals surface area contributed by atoms with E-state index in [1.165, 1.54) is 10.9 Å². The quantitative estimate of drug-likeness (QED) is 0.734. The number of aromatic nitrogens is 2. The lowest BCUT2D eigenvalue weighted by molar-refractivity contribution is -0.168. The van der Waals surface area contributed by atoms with Gasteiger partial charge < -0.3 is 15.2 Å². The van der Waals surface area contributed by atoms with Gasteiger partial charge in [-0.05, 0) is 49.9 Å². The molecular weight excluding hydrogens is 358 g/mol. The summed E-state index contributed by atoms with van der Waals surface area (Å²) >= 11 is 6.32. The number of hydrogen-bond acceptors (Lipinski definition) is 5. The van der Waals surface area contributed by atoms with Crippen molar-refractivity contribution in [2.45, 2.75) is 37.6 Å². The molecule has 7 nitrogen and oxygen atoms in total. The summed E-state index contributed by atoms with van der Waals surface area (Å²) in [4.78, 5) is 25.1. The Morgan fingerprint density at radius 3 is 2.73 bits per heavy atom. The van der Waals surface area contributed by atoms with Crippen LogP contribution in [0.3, 0.4) is 0 Å². The fraction of sp³-hybridized carbons (Fsp3) is 0.722. The molecule has 3 atom stereocenters. The third-order valence-electron chi connectivity index (χ3n) is 6.50. The van der Waals surface area contributed by atoms with Crippen LogP contribution in [0.15, 0.2) is 11.0 Å². The van der Waals surface area contributed by atoms with Crippen molar-refractivity contribution in [2.75, 3.05) is 25.6 Å². The maximum atomic E-state index is 13.0. The molecule has 0 spiro atoms. The number of carbonyl (C=O) groups is 1. The number of ether oxygens (including phenoxy) is 1. The number of rotatable bonds is 6. The summed E-state index contributed by atoms with van der Waals surface area (Å²) in [5.74, 6) is -0.291. The van der Waals surface area contributed by atoms with E-state index < -0.39 is 23.0 Å². The van der Waals surface area contributed by atoms with Gasteiger partial charge in [0, 0.05) is 13.7 Å². The first-order valence-electron chi connectivity index (χ1n) is 9.20. The van der Waals surface area contributed by atoms with Crippen LogP contribution in [0.2, 0.25) is 5.02 Å². The molecule has 2 N–H and O–H groups in total. The van der Waals surface area contributed by atoms with Crippen molar-refractivity contribution in [3.63, 3.8) is 0 Å². The first-order chi connectivity index (χ1) is 12.5. The molecule has 4 aliphatic rings. The lowest BCUT2D eigenvalue weighted by atomic mass is 9.48. The molecule has 4 aliphatic carbocycles. The van der Waals surface area contributed by atoms with Crippen LogP contribution in [-0.2, 0) is 15.1 Å². The van der Waals surface area contributed by atoms with Crippen LogP contribution in [0.5, 0.6) is 0 Å². The van der Waals surface area contributed by atoms with E-state index in [9.17, 15) is 14.7 Å². The molecule has 0 radical (unpaired) electrons. The van der Waals surface area contributed by atoms with E-state index in [0.717, 1.165) is 19.3 Å². The first-order valence-corrected chi connectivity index (χ1v) is 9.58. The number of halogens is 1. The molecular formula is C18H24ClN3O4. The maximum Gasteiger partial charge on any atom is 0.309 e. The van der Waals surface area contributed by atoms with Gasteiger partial charge in [-0.15, -0.1) is 0 Å². The average Bonchev–Trinajstić information content (AvgIpc) is 2.57. The topological polar surface area (TPSA) is 93.4 Å². The maximum absolute atomic E-state index is 13.0. The normalized spacial score (nSPS) is 34.8. The van der Waals surface area contributed by atoms with E-state index in [4.69, 9.17) is 16.3 Å². The Labute approximate surface area is 156 Å². The first kappa shape index (κ1) is 17.8. The molecule has 4 bridgehead atoms. The van der Waals surface area contributed by atoms with Gasteiger partial charge in [-0.25, -0.2) is 4.68 Å². The summed E-state index contributed by atoms with van der Waals surface area (Å²) in [6.45, 7) is 0.992. The summed E-state index contributed by atoms with van der Waals surface area (Å²) in [5, 5.41) is 17.4. The molecule has 1 aromatic rings. The molecule has 1 aromatic heterocycles. The summed E-state index contributed by atoms with van der Waals surface area (Å²) in [5.41, 5.74) is -0.685. The lowest BCUT2D eigenvalue weighted by Gasteiger charge is -2.59. The summed E-state index contributed by atoms with van der Waals surface area (Å²) < 4.78 is 6.39. The summed E-state index contributed by atoms with van der Waals surface area (Å²) in [7, 11) is 1.60. The number of nitrogens with one attached hydrogen (secondary N) is 1. The molecule has 0 saturated heterocycles. The highest BCUT2D eigenvalue weighted by Gasteiger charge is 2.61. The number of methoxy groups -OCH3 is 1. The second-order valence-electron chi connectivity index (χ2n) is 8.04. The van der Waals surface area contributed by atoms with Crippen molar-refractivity contribution in [1.29, 1.82) is 0 Å². The van der Waals surface area contributed by atoms with Crippen LogP contribution >= 0.6 is 11.6 Å². The SMILES string of the molecule is COCCNc1cnn(C23CC4CC(CC(C4)C2C(=O)O)C3)c(=O)c1Cl. The number of carboxylic acid groups (broad SMARTS) is 1. The molecule has 8 heteroatoms. The smallest absolute Gasteiger partial charge is 0.309 e. The van der Waals surface area contributed by atoms with Gasteiger partial charge in [-0.2, -0.15) is 5.10 Å². The number of anilines is 1. The Bertz CT molecular complexity index is 766. The zero-order valence-electron chi connectivity index (χ0n) is 14.8. The number of hydrogen-bond donors (Lipinski definition) is 2. The highest BCUT2D eigenvalue weighted by Crippen LogP contribution is 2.61. The Morgan fingerprint density at radius 2 is 2.12 bits per heavy atom. The van der Waals surface area contributed by atoms with Crippen LogP contribution in [0.25, 0.3) is 0 Å². The van der Waals surface area contributed by atoms with E-state index in [-0.39, 0.29) is 10.9 Å². The van der Waals surface area contributed by atoms with Crippen LogP contribution in [0.4, 0.5) is 5.69 Å². The molecule has 0 aromatic carbocycles. The largest absolute Gasteiger partial charge is 0.481 e. The minimum absolute atomic E-state index is 0.0657. The highest BCUT2D eigenvalue weighted by atomic mass is 35.5. The molecule has 0 amide bonds. The Balaban J connectivity index is 1.74. The molecule has 26 heavy (non-hydrogen) atoms. The monoisotopic (exact) mass is 381 g/mol. The van der Waals surface area contributed by atoms with Crippen molar-refractivity contribution in [2.24, 2.45) is 23.7 Å². The van der Waals surface area contributed by atoms with Crippen LogP contribution in [0, 0.1) is 23.7 Å². The second kappa shape index (κ2) is 6.53. The van der Waals surface area contributed by atoms with E-state index in [1.807, 2.05) is 0 Å². The molecule has 4 fully saturated rings. The van der Waals surface area contributed by atoms with Gasteiger partial charge in [0.15, 0.2) is 0 Å². The minimum Gasteiger partial charge on any atom is -0.481 e. The Kier molecular flexibility index (Phi) is 4.47. The second-order valence-corrected chi connectivity index (χ2v) is 8.41. The molecule has 142 valence electrons. The molecule has 5 rings (SSSR count). The molecule has 1 heterocycles. The average molecular weight is 382 g/mol. The molecule has 3 unspecified atom stereocenters. The molecule has 4 saturated carbocycles. The van der Waals surface area contributed by atoms with Crippen molar-refractivity contribution < 1.29 is 14.6 Å². The van der Waals surface area contributed by atoms with E-state index in [2.05, 4.69) is 10.4 Å². The van der Waals surface area contributed by atoms with Crippen LogP contribution in [0.1, 0.15) is 32.1 Å². The zero-order valence-corrected chi connectivity index (χ0v) is 15.5. The van der Waals surface area contributed by atoms with Gasteiger partial charge in [0.25, 0.3) is 5.56 Å². The Morgan fingerprint density at radius 1 is 1.42 bits per heavy atom. The number of aliphatic carboxylic acids is 1. The van der Waals surface area contributed by atoms with Crippen LogP contribution < -0.4 is 10.9 Å². The van der Waals surface area contributed by atoms with Crippen molar-refractivity contribution in [3.05, 3.63) is 21.6 Å². The van der Waals surface area contributed by atoms with Gasteiger partial charge in [0.05, 0.1) is 29.9 Å². The van der Waals surface area contributed by atoms with Crippen molar-refractivity contribution in [1.82, 2.24) is 9.78 Å².